The maximum absolute atomic E-state index is 11.1. The molecule has 0 radical (unpaired) electrons. The van der Waals surface area contributed by atoms with Gasteiger partial charge in [0.2, 0.25) is 0 Å². The standard InChI is InChI=1S/C9H16O3/c1-5-6-7(8(10)12-4)9(2,3)11/h5-7,11H,1-4H3/b6-5+. The summed E-state index contributed by atoms with van der Waals surface area (Å²) in [6.07, 6.45) is 3.35. The highest BCUT2D eigenvalue weighted by molar-refractivity contribution is 5.75. The normalized spacial score (nSPS) is 14.8. The third-order valence-electron chi connectivity index (χ3n) is 1.60. The van der Waals surface area contributed by atoms with Crippen LogP contribution in [0.3, 0.4) is 0 Å². The zero-order valence-corrected chi connectivity index (χ0v) is 8.00. The average Bonchev–Trinajstić information content (AvgIpc) is 1.96. The van der Waals surface area contributed by atoms with Crippen molar-refractivity contribution in [2.45, 2.75) is 26.4 Å². The quantitative estimate of drug-likeness (QED) is 0.512. The second-order valence-corrected chi connectivity index (χ2v) is 3.18. The number of carbonyl (C=O) groups is 1. The number of carbonyl (C=O) groups excluding carboxylic acids is 1. The molecule has 0 saturated carbocycles. The van der Waals surface area contributed by atoms with E-state index in [4.69, 9.17) is 0 Å². The lowest BCUT2D eigenvalue weighted by atomic mass is 9.91. The Morgan fingerprint density at radius 1 is 1.58 bits per heavy atom. The lowest BCUT2D eigenvalue weighted by molar-refractivity contribution is -0.150. The molecule has 0 aliphatic carbocycles. The van der Waals surface area contributed by atoms with Crippen molar-refractivity contribution < 1.29 is 14.6 Å². The van der Waals surface area contributed by atoms with Crippen LogP contribution in [0.2, 0.25) is 0 Å². The fourth-order valence-electron chi connectivity index (χ4n) is 0.922. The molecule has 0 saturated heterocycles. The van der Waals surface area contributed by atoms with Crippen molar-refractivity contribution in [1.82, 2.24) is 0 Å². The molecule has 1 N–H and O–H groups in total. The van der Waals surface area contributed by atoms with Gasteiger partial charge in [0.25, 0.3) is 0 Å². The second kappa shape index (κ2) is 4.26. The number of allylic oxidation sites excluding steroid dienone is 1. The molecule has 0 rings (SSSR count). The van der Waals surface area contributed by atoms with Crippen LogP contribution in [0.1, 0.15) is 20.8 Å². The van der Waals surface area contributed by atoms with Crippen molar-refractivity contribution in [3.63, 3.8) is 0 Å². The largest absolute Gasteiger partial charge is 0.468 e. The van der Waals surface area contributed by atoms with Crippen molar-refractivity contribution in [2.24, 2.45) is 5.92 Å². The van der Waals surface area contributed by atoms with Gasteiger partial charge in [0.05, 0.1) is 12.7 Å². The summed E-state index contributed by atoms with van der Waals surface area (Å²) in [6.45, 7) is 4.95. The zero-order valence-electron chi connectivity index (χ0n) is 8.00. The van der Waals surface area contributed by atoms with Crippen LogP contribution >= 0.6 is 0 Å². The highest BCUT2D eigenvalue weighted by Crippen LogP contribution is 2.19. The molecule has 70 valence electrons. The first-order valence-electron chi connectivity index (χ1n) is 3.86. The summed E-state index contributed by atoms with van der Waals surface area (Å²) >= 11 is 0. The maximum atomic E-state index is 11.1. The Bertz CT molecular complexity index is 177. The van der Waals surface area contributed by atoms with Gasteiger partial charge in [-0.15, -0.1) is 0 Å². The van der Waals surface area contributed by atoms with Gasteiger partial charge in [0.15, 0.2) is 0 Å². The highest BCUT2D eigenvalue weighted by atomic mass is 16.5. The summed E-state index contributed by atoms with van der Waals surface area (Å²) < 4.78 is 4.54. The average molecular weight is 172 g/mol. The molecular weight excluding hydrogens is 156 g/mol. The topological polar surface area (TPSA) is 46.5 Å². The molecule has 0 amide bonds. The summed E-state index contributed by atoms with van der Waals surface area (Å²) in [7, 11) is 1.31. The highest BCUT2D eigenvalue weighted by Gasteiger charge is 2.31. The first kappa shape index (κ1) is 11.2. The van der Waals surface area contributed by atoms with Crippen molar-refractivity contribution >= 4 is 5.97 Å². The number of rotatable bonds is 3. The molecule has 1 unspecified atom stereocenters. The zero-order chi connectivity index (χ0) is 9.78. The fourth-order valence-corrected chi connectivity index (χ4v) is 0.922. The van der Waals surface area contributed by atoms with Crippen LogP contribution in [0.5, 0.6) is 0 Å². The lowest BCUT2D eigenvalue weighted by Crippen LogP contribution is -2.36. The Hall–Kier alpha value is -0.830. The van der Waals surface area contributed by atoms with Crippen molar-refractivity contribution in [2.75, 3.05) is 7.11 Å². The van der Waals surface area contributed by atoms with Gasteiger partial charge in [0.1, 0.15) is 5.92 Å². The van der Waals surface area contributed by atoms with Crippen LogP contribution < -0.4 is 0 Å². The second-order valence-electron chi connectivity index (χ2n) is 3.18. The van der Waals surface area contributed by atoms with Crippen LogP contribution in [-0.4, -0.2) is 23.8 Å². The van der Waals surface area contributed by atoms with Crippen molar-refractivity contribution in [1.29, 1.82) is 0 Å². The van der Waals surface area contributed by atoms with Crippen molar-refractivity contribution in [3.8, 4) is 0 Å². The predicted octanol–water partition coefficient (Wildman–Crippen LogP) is 1.12. The minimum atomic E-state index is -1.07. The fraction of sp³-hybridized carbons (Fsp3) is 0.667. The van der Waals surface area contributed by atoms with E-state index in [1.165, 1.54) is 7.11 Å². The van der Waals surface area contributed by atoms with E-state index in [2.05, 4.69) is 4.74 Å². The first-order chi connectivity index (χ1) is 5.43. The Labute approximate surface area is 73.0 Å². The number of esters is 1. The Kier molecular flexibility index (Phi) is 3.96. The van der Waals surface area contributed by atoms with Crippen LogP contribution in [0.15, 0.2) is 12.2 Å². The van der Waals surface area contributed by atoms with Crippen LogP contribution in [0, 0.1) is 5.92 Å². The predicted molar refractivity (Wildman–Crippen MR) is 46.6 cm³/mol. The first-order valence-corrected chi connectivity index (χ1v) is 3.86. The molecule has 3 heteroatoms. The summed E-state index contributed by atoms with van der Waals surface area (Å²) in [4.78, 5) is 11.1. The van der Waals surface area contributed by atoms with E-state index in [-0.39, 0.29) is 0 Å². The molecule has 0 aromatic carbocycles. The van der Waals surface area contributed by atoms with Gasteiger partial charge < -0.3 is 9.84 Å². The monoisotopic (exact) mass is 172 g/mol. The lowest BCUT2D eigenvalue weighted by Gasteiger charge is -2.23. The van der Waals surface area contributed by atoms with Gasteiger partial charge in [-0.05, 0) is 20.8 Å². The van der Waals surface area contributed by atoms with E-state index in [9.17, 15) is 9.90 Å². The van der Waals surface area contributed by atoms with Gasteiger partial charge in [0, 0.05) is 0 Å². The third-order valence-corrected chi connectivity index (χ3v) is 1.60. The van der Waals surface area contributed by atoms with Gasteiger partial charge >= 0.3 is 5.97 Å². The van der Waals surface area contributed by atoms with Gasteiger partial charge in [-0.1, -0.05) is 12.2 Å². The van der Waals surface area contributed by atoms with E-state index in [1.54, 1.807) is 32.9 Å². The SMILES string of the molecule is C/C=C/C(C(=O)OC)C(C)(C)O. The summed E-state index contributed by atoms with van der Waals surface area (Å²) in [5.41, 5.74) is -1.07. The smallest absolute Gasteiger partial charge is 0.315 e. The molecule has 0 fully saturated rings. The maximum Gasteiger partial charge on any atom is 0.315 e. The molecule has 0 spiro atoms. The molecule has 0 heterocycles. The van der Waals surface area contributed by atoms with Crippen LogP contribution in [0.4, 0.5) is 0 Å². The molecule has 0 aliphatic rings. The molecule has 0 aromatic rings. The number of aliphatic hydroxyl groups is 1. The summed E-state index contributed by atoms with van der Waals surface area (Å²) in [5, 5.41) is 9.56. The summed E-state index contributed by atoms with van der Waals surface area (Å²) in [6, 6.07) is 0. The van der Waals surface area contributed by atoms with Gasteiger partial charge in [-0.25, -0.2) is 0 Å². The van der Waals surface area contributed by atoms with E-state index < -0.39 is 17.5 Å². The number of ether oxygens (including phenoxy) is 1. The van der Waals surface area contributed by atoms with Crippen LogP contribution in [0.25, 0.3) is 0 Å². The van der Waals surface area contributed by atoms with E-state index >= 15 is 0 Å². The Morgan fingerprint density at radius 2 is 2.08 bits per heavy atom. The van der Waals surface area contributed by atoms with Crippen molar-refractivity contribution in [3.05, 3.63) is 12.2 Å². The Morgan fingerprint density at radius 3 is 2.33 bits per heavy atom. The minimum absolute atomic E-state index is 0.416. The third kappa shape index (κ3) is 3.05. The minimum Gasteiger partial charge on any atom is -0.468 e. The van der Waals surface area contributed by atoms with Gasteiger partial charge in [-0.2, -0.15) is 0 Å². The van der Waals surface area contributed by atoms with Gasteiger partial charge in [-0.3, -0.25) is 4.79 Å². The van der Waals surface area contributed by atoms with E-state index in [0.29, 0.717) is 0 Å². The number of hydrogen-bond donors (Lipinski definition) is 1. The molecule has 0 aromatic heterocycles. The van der Waals surface area contributed by atoms with E-state index in [0.717, 1.165) is 0 Å². The molecule has 0 bridgehead atoms. The molecule has 3 nitrogen and oxygen atoms in total. The number of methoxy groups -OCH3 is 1. The molecule has 1 atom stereocenters. The molecule has 0 aliphatic heterocycles. The molecular formula is C9H16O3. The number of hydrogen-bond acceptors (Lipinski definition) is 3. The van der Waals surface area contributed by atoms with E-state index in [1.807, 2.05) is 0 Å². The van der Waals surface area contributed by atoms with Crippen LogP contribution in [-0.2, 0) is 9.53 Å². The molecule has 12 heavy (non-hydrogen) atoms. The summed E-state index contributed by atoms with van der Waals surface area (Å²) in [5.74, 6) is -1.01. The Balaban J connectivity index is 4.55.